The lowest BCUT2D eigenvalue weighted by molar-refractivity contribution is -0.141. The van der Waals surface area contributed by atoms with Gasteiger partial charge in [0.2, 0.25) is 21.8 Å². The van der Waals surface area contributed by atoms with Crippen LogP contribution in [0.25, 0.3) is 0 Å². The molecule has 0 spiro atoms. The summed E-state index contributed by atoms with van der Waals surface area (Å²) in [6.45, 7) is 2.39. The molecule has 0 aliphatic heterocycles. The lowest BCUT2D eigenvalue weighted by atomic mass is 10.0. The van der Waals surface area contributed by atoms with Gasteiger partial charge in [-0.05, 0) is 36.6 Å². The monoisotopic (exact) mass is 553 g/mol. The molecule has 0 aromatic heterocycles. The van der Waals surface area contributed by atoms with Crippen LogP contribution < -0.4 is 9.62 Å². The Labute approximate surface area is 230 Å². The molecule has 3 rings (SSSR count). The molecular weight excluding hydrogens is 517 g/mol. The predicted octanol–water partition coefficient (Wildman–Crippen LogP) is 4.54. The van der Waals surface area contributed by atoms with Crippen LogP contribution in [0.2, 0.25) is 0 Å². The van der Waals surface area contributed by atoms with Crippen LogP contribution in [-0.2, 0) is 32.6 Å². The molecule has 0 unspecified atom stereocenters. The molecule has 0 saturated heterocycles. The molecule has 2 amide bonds. The first-order valence-electron chi connectivity index (χ1n) is 13.1. The first kappa shape index (κ1) is 29.8. The van der Waals surface area contributed by atoms with Crippen molar-refractivity contribution in [3.63, 3.8) is 0 Å². The van der Waals surface area contributed by atoms with E-state index in [0.717, 1.165) is 18.2 Å². The lowest BCUT2D eigenvalue weighted by Crippen LogP contribution is -2.50. The summed E-state index contributed by atoms with van der Waals surface area (Å²) < 4.78 is 40.8. The number of nitrogens with one attached hydrogen (secondary N) is 1. The molecule has 3 aromatic carbocycles. The van der Waals surface area contributed by atoms with Gasteiger partial charge in [0.1, 0.15) is 11.9 Å². The minimum Gasteiger partial charge on any atom is -0.354 e. The number of carbonyl (C=O) groups is 2. The smallest absolute Gasteiger partial charge is 0.243 e. The Bertz CT molecular complexity index is 1320. The van der Waals surface area contributed by atoms with E-state index in [1.165, 1.54) is 15.3 Å². The quantitative estimate of drug-likeness (QED) is 0.318. The van der Waals surface area contributed by atoms with E-state index < -0.39 is 21.9 Å². The van der Waals surface area contributed by atoms with Crippen molar-refractivity contribution in [1.82, 2.24) is 10.2 Å². The zero-order chi connectivity index (χ0) is 28.3. The zero-order valence-corrected chi connectivity index (χ0v) is 23.2. The van der Waals surface area contributed by atoms with Gasteiger partial charge in [-0.2, -0.15) is 0 Å². The van der Waals surface area contributed by atoms with Gasteiger partial charge in [0.05, 0.1) is 11.9 Å². The SMILES string of the molecule is CCCNC(=O)[C@H](Cc1ccccc1)N(Cc1ccccc1F)C(=O)CCCN(c1ccccc1)S(C)(=O)=O. The normalized spacial score (nSPS) is 12.0. The van der Waals surface area contributed by atoms with Gasteiger partial charge in [-0.1, -0.05) is 73.7 Å². The molecule has 0 saturated carbocycles. The number of hydrogen-bond acceptors (Lipinski definition) is 4. The van der Waals surface area contributed by atoms with E-state index in [1.54, 1.807) is 48.5 Å². The van der Waals surface area contributed by atoms with E-state index in [1.807, 2.05) is 37.3 Å². The third-order valence-electron chi connectivity index (χ3n) is 6.32. The van der Waals surface area contributed by atoms with Crippen molar-refractivity contribution in [2.75, 3.05) is 23.7 Å². The molecule has 0 radical (unpaired) electrons. The summed E-state index contributed by atoms with van der Waals surface area (Å²) in [5, 5.41) is 2.89. The molecule has 9 heteroatoms. The maximum absolute atomic E-state index is 14.7. The molecule has 7 nitrogen and oxygen atoms in total. The maximum atomic E-state index is 14.7. The van der Waals surface area contributed by atoms with E-state index >= 15 is 0 Å². The van der Waals surface area contributed by atoms with Gasteiger partial charge < -0.3 is 10.2 Å². The van der Waals surface area contributed by atoms with E-state index in [9.17, 15) is 22.4 Å². The Morgan fingerprint density at radius 3 is 2.15 bits per heavy atom. The highest BCUT2D eigenvalue weighted by molar-refractivity contribution is 7.92. The third kappa shape index (κ3) is 8.92. The third-order valence-corrected chi connectivity index (χ3v) is 7.51. The molecule has 0 fully saturated rings. The highest BCUT2D eigenvalue weighted by Gasteiger charge is 2.31. The molecule has 0 bridgehead atoms. The van der Waals surface area contributed by atoms with Crippen LogP contribution in [0.15, 0.2) is 84.9 Å². The molecule has 1 atom stereocenters. The van der Waals surface area contributed by atoms with Gasteiger partial charge in [-0.3, -0.25) is 13.9 Å². The minimum atomic E-state index is -3.58. The number of rotatable bonds is 14. The second-order valence-electron chi connectivity index (χ2n) is 9.38. The Morgan fingerprint density at radius 2 is 1.54 bits per heavy atom. The van der Waals surface area contributed by atoms with Crippen molar-refractivity contribution < 1.29 is 22.4 Å². The van der Waals surface area contributed by atoms with Crippen LogP contribution in [0.3, 0.4) is 0 Å². The van der Waals surface area contributed by atoms with E-state index in [2.05, 4.69) is 5.32 Å². The maximum Gasteiger partial charge on any atom is 0.243 e. The summed E-state index contributed by atoms with van der Waals surface area (Å²) in [6.07, 6.45) is 2.32. The van der Waals surface area contributed by atoms with Crippen LogP contribution in [0.5, 0.6) is 0 Å². The summed E-state index contributed by atoms with van der Waals surface area (Å²) in [6, 6.07) is 23.4. The van der Waals surface area contributed by atoms with Crippen molar-refractivity contribution in [3.8, 4) is 0 Å². The van der Waals surface area contributed by atoms with E-state index in [4.69, 9.17) is 0 Å². The number of amides is 2. The minimum absolute atomic E-state index is 0.0142. The Hall–Kier alpha value is -3.72. The molecule has 1 N–H and O–H groups in total. The summed E-state index contributed by atoms with van der Waals surface area (Å²) in [5.41, 5.74) is 1.68. The van der Waals surface area contributed by atoms with Gasteiger partial charge in [-0.15, -0.1) is 0 Å². The Morgan fingerprint density at radius 1 is 0.923 bits per heavy atom. The fraction of sp³-hybridized carbons (Fsp3) is 0.333. The Kier molecular flexibility index (Phi) is 11.0. The topological polar surface area (TPSA) is 86.8 Å². The van der Waals surface area contributed by atoms with Crippen LogP contribution in [-0.4, -0.2) is 50.5 Å². The highest BCUT2D eigenvalue weighted by atomic mass is 32.2. The zero-order valence-electron chi connectivity index (χ0n) is 22.4. The van der Waals surface area contributed by atoms with Gasteiger partial charge in [0.25, 0.3) is 0 Å². The first-order chi connectivity index (χ1) is 18.7. The average molecular weight is 554 g/mol. The van der Waals surface area contributed by atoms with Crippen molar-refractivity contribution in [3.05, 3.63) is 102 Å². The van der Waals surface area contributed by atoms with Crippen molar-refractivity contribution in [2.45, 2.75) is 45.2 Å². The van der Waals surface area contributed by atoms with Crippen LogP contribution >= 0.6 is 0 Å². The average Bonchev–Trinajstić information content (AvgIpc) is 2.92. The van der Waals surface area contributed by atoms with Crippen LogP contribution in [0, 0.1) is 5.82 Å². The first-order valence-corrected chi connectivity index (χ1v) is 14.9. The van der Waals surface area contributed by atoms with Crippen LogP contribution in [0.4, 0.5) is 10.1 Å². The molecule has 3 aromatic rings. The lowest BCUT2D eigenvalue weighted by Gasteiger charge is -2.32. The van der Waals surface area contributed by atoms with Gasteiger partial charge in [0.15, 0.2) is 0 Å². The number of sulfonamides is 1. The molecular formula is C30H36FN3O4S. The fourth-order valence-electron chi connectivity index (χ4n) is 4.33. The summed E-state index contributed by atoms with van der Waals surface area (Å²) in [7, 11) is -3.58. The number of nitrogens with zero attached hydrogens (tertiary/aromatic N) is 2. The number of benzene rings is 3. The molecule has 0 aliphatic rings. The number of halogens is 1. The predicted molar refractivity (Wildman–Crippen MR) is 152 cm³/mol. The molecule has 0 aliphatic carbocycles. The molecule has 208 valence electrons. The number of carbonyl (C=O) groups excluding carboxylic acids is 2. The van der Waals surface area contributed by atoms with Gasteiger partial charge >= 0.3 is 0 Å². The number of para-hydroxylation sites is 1. The standard InChI is InChI=1S/C30H36FN3O4S/c1-3-20-32-30(36)28(22-24-13-6-4-7-14-24)33(23-25-15-10-11-18-27(25)31)29(35)19-12-21-34(39(2,37)38)26-16-8-5-9-17-26/h4-11,13-18,28H,3,12,19-23H2,1-2H3,(H,32,36)/t28-/m0/s1. The van der Waals surface area contributed by atoms with Crippen LogP contribution in [0.1, 0.15) is 37.3 Å². The van der Waals surface area contributed by atoms with Crippen molar-refractivity contribution >= 4 is 27.5 Å². The molecule has 0 heterocycles. The van der Waals surface area contributed by atoms with Gasteiger partial charge in [0, 0.05) is 38.0 Å². The Balaban J connectivity index is 1.87. The summed E-state index contributed by atoms with van der Waals surface area (Å²) in [4.78, 5) is 28.5. The summed E-state index contributed by atoms with van der Waals surface area (Å²) in [5.74, 6) is -1.13. The fourth-order valence-corrected chi connectivity index (χ4v) is 5.29. The summed E-state index contributed by atoms with van der Waals surface area (Å²) >= 11 is 0. The van der Waals surface area contributed by atoms with Crippen molar-refractivity contribution in [1.29, 1.82) is 0 Å². The number of hydrogen-bond donors (Lipinski definition) is 1. The van der Waals surface area contributed by atoms with Crippen molar-refractivity contribution in [2.24, 2.45) is 0 Å². The van der Waals surface area contributed by atoms with E-state index in [0.29, 0.717) is 17.8 Å². The largest absolute Gasteiger partial charge is 0.354 e. The second kappa shape index (κ2) is 14.4. The van der Waals surface area contributed by atoms with E-state index in [-0.39, 0.29) is 44.2 Å². The number of anilines is 1. The molecule has 39 heavy (non-hydrogen) atoms. The highest BCUT2D eigenvalue weighted by Crippen LogP contribution is 2.20. The second-order valence-corrected chi connectivity index (χ2v) is 11.3. The van der Waals surface area contributed by atoms with Gasteiger partial charge in [-0.25, -0.2) is 12.8 Å².